The molecule has 2 aliphatic rings. The zero-order valence-corrected chi connectivity index (χ0v) is 11.8. The number of hydrogen-bond acceptors (Lipinski definition) is 3. The molecular formula is C14H22N4O. The van der Waals surface area contributed by atoms with E-state index >= 15 is 0 Å². The van der Waals surface area contributed by atoms with E-state index < -0.39 is 0 Å². The summed E-state index contributed by atoms with van der Waals surface area (Å²) in [5.41, 5.74) is 6.38. The number of anilines is 1. The van der Waals surface area contributed by atoms with Gasteiger partial charge in [-0.25, -0.2) is 0 Å². The normalized spacial score (nSPS) is 35.5. The molecule has 0 aromatic carbocycles. The van der Waals surface area contributed by atoms with Gasteiger partial charge in [-0.2, -0.15) is 5.10 Å². The fourth-order valence-electron chi connectivity index (χ4n) is 4.32. The highest BCUT2D eigenvalue weighted by molar-refractivity contribution is 5.93. The molecule has 0 radical (unpaired) electrons. The summed E-state index contributed by atoms with van der Waals surface area (Å²) in [7, 11) is 0. The van der Waals surface area contributed by atoms with E-state index in [0.717, 1.165) is 5.92 Å². The molecule has 2 fully saturated rings. The van der Waals surface area contributed by atoms with Gasteiger partial charge >= 0.3 is 0 Å². The SMILES string of the molecule is CC12CCC(C1)C(C)(C)C2NC(=O)c1cc(N)n[nH]1. The first-order valence-electron chi connectivity index (χ1n) is 6.95. The minimum atomic E-state index is -0.101. The second-order valence-electron chi connectivity index (χ2n) is 7.03. The van der Waals surface area contributed by atoms with Crippen LogP contribution in [0.2, 0.25) is 0 Å². The van der Waals surface area contributed by atoms with Crippen LogP contribution < -0.4 is 11.1 Å². The van der Waals surface area contributed by atoms with Gasteiger partial charge < -0.3 is 11.1 Å². The van der Waals surface area contributed by atoms with Crippen molar-refractivity contribution in [3.8, 4) is 0 Å². The first-order valence-corrected chi connectivity index (χ1v) is 6.95. The lowest BCUT2D eigenvalue weighted by Crippen LogP contribution is -2.52. The maximum Gasteiger partial charge on any atom is 0.269 e. The van der Waals surface area contributed by atoms with Crippen molar-refractivity contribution < 1.29 is 4.79 Å². The fraction of sp³-hybridized carbons (Fsp3) is 0.714. The number of amides is 1. The van der Waals surface area contributed by atoms with Crippen molar-refractivity contribution in [1.82, 2.24) is 15.5 Å². The molecule has 1 heterocycles. The van der Waals surface area contributed by atoms with E-state index in [2.05, 4.69) is 36.3 Å². The molecule has 5 nitrogen and oxygen atoms in total. The number of carbonyl (C=O) groups is 1. The molecule has 1 aromatic rings. The van der Waals surface area contributed by atoms with Gasteiger partial charge in [0.05, 0.1) is 0 Å². The number of aromatic amines is 1. The summed E-state index contributed by atoms with van der Waals surface area (Å²) in [5, 5.41) is 9.69. The van der Waals surface area contributed by atoms with E-state index in [9.17, 15) is 4.79 Å². The van der Waals surface area contributed by atoms with Crippen molar-refractivity contribution in [1.29, 1.82) is 0 Å². The van der Waals surface area contributed by atoms with Crippen molar-refractivity contribution in [3.05, 3.63) is 11.8 Å². The molecule has 0 spiro atoms. The van der Waals surface area contributed by atoms with Gasteiger partial charge in [0.2, 0.25) is 0 Å². The Kier molecular flexibility index (Phi) is 2.46. The lowest BCUT2D eigenvalue weighted by molar-refractivity contribution is 0.0733. The monoisotopic (exact) mass is 262 g/mol. The maximum atomic E-state index is 12.3. The first-order chi connectivity index (χ1) is 8.83. The molecule has 4 N–H and O–H groups in total. The quantitative estimate of drug-likeness (QED) is 0.761. The Labute approximate surface area is 113 Å². The largest absolute Gasteiger partial charge is 0.382 e. The van der Waals surface area contributed by atoms with Gasteiger partial charge in [0.15, 0.2) is 0 Å². The van der Waals surface area contributed by atoms with Gasteiger partial charge in [0.25, 0.3) is 5.91 Å². The molecule has 3 atom stereocenters. The van der Waals surface area contributed by atoms with Crippen LogP contribution in [0.3, 0.4) is 0 Å². The highest BCUT2D eigenvalue weighted by atomic mass is 16.2. The third-order valence-electron chi connectivity index (χ3n) is 5.39. The van der Waals surface area contributed by atoms with E-state index in [4.69, 9.17) is 5.73 Å². The number of nitrogens with zero attached hydrogens (tertiary/aromatic N) is 1. The Morgan fingerprint density at radius 2 is 2.26 bits per heavy atom. The number of hydrogen-bond donors (Lipinski definition) is 3. The average Bonchev–Trinajstić information content (AvgIpc) is 2.96. The molecule has 3 unspecified atom stereocenters. The molecule has 0 aliphatic heterocycles. The van der Waals surface area contributed by atoms with E-state index in [1.807, 2.05) is 0 Å². The third-order valence-corrected chi connectivity index (χ3v) is 5.39. The Bertz CT molecular complexity index is 517. The van der Waals surface area contributed by atoms with Crippen molar-refractivity contribution in [3.63, 3.8) is 0 Å². The third kappa shape index (κ3) is 1.75. The molecular weight excluding hydrogens is 240 g/mol. The second kappa shape index (κ2) is 3.74. The Morgan fingerprint density at radius 3 is 2.79 bits per heavy atom. The molecule has 1 aromatic heterocycles. The Balaban J connectivity index is 1.81. The van der Waals surface area contributed by atoms with Crippen molar-refractivity contribution in [2.45, 2.75) is 46.1 Å². The van der Waals surface area contributed by atoms with Crippen molar-refractivity contribution in [2.24, 2.45) is 16.7 Å². The maximum absolute atomic E-state index is 12.3. The number of rotatable bonds is 2. The molecule has 1 amide bonds. The van der Waals surface area contributed by atoms with Gasteiger partial charge in [-0.15, -0.1) is 0 Å². The number of aromatic nitrogens is 2. The van der Waals surface area contributed by atoms with Gasteiger partial charge in [-0.1, -0.05) is 20.8 Å². The Hall–Kier alpha value is -1.52. The minimum Gasteiger partial charge on any atom is -0.382 e. The van der Waals surface area contributed by atoms with Crippen LogP contribution in [0.15, 0.2) is 6.07 Å². The summed E-state index contributed by atoms with van der Waals surface area (Å²) in [5.74, 6) is 0.967. The van der Waals surface area contributed by atoms with E-state index in [1.165, 1.54) is 19.3 Å². The zero-order chi connectivity index (χ0) is 13.8. The number of nitrogens with two attached hydrogens (primary N) is 1. The number of fused-ring (bicyclic) bond motifs is 2. The fourth-order valence-corrected chi connectivity index (χ4v) is 4.32. The van der Waals surface area contributed by atoms with Crippen molar-refractivity contribution >= 4 is 11.7 Å². The summed E-state index contributed by atoms with van der Waals surface area (Å²) >= 11 is 0. The van der Waals surface area contributed by atoms with Crippen molar-refractivity contribution in [2.75, 3.05) is 5.73 Å². The highest BCUT2D eigenvalue weighted by Crippen LogP contribution is 2.62. The predicted octanol–water partition coefficient (Wildman–Crippen LogP) is 1.94. The number of H-pyrrole nitrogens is 1. The molecule has 5 heteroatoms. The summed E-state index contributed by atoms with van der Waals surface area (Å²) in [6.07, 6.45) is 3.71. The molecule has 2 bridgehead atoms. The second-order valence-corrected chi connectivity index (χ2v) is 7.03. The summed E-state index contributed by atoms with van der Waals surface area (Å²) < 4.78 is 0. The smallest absolute Gasteiger partial charge is 0.269 e. The zero-order valence-electron chi connectivity index (χ0n) is 11.8. The summed E-state index contributed by atoms with van der Waals surface area (Å²) in [6.45, 7) is 6.84. The first kappa shape index (κ1) is 12.5. The van der Waals surface area contributed by atoms with Crippen LogP contribution in [-0.4, -0.2) is 22.1 Å². The topological polar surface area (TPSA) is 83.8 Å². The highest BCUT2D eigenvalue weighted by Gasteiger charge is 2.59. The predicted molar refractivity (Wildman–Crippen MR) is 73.5 cm³/mol. The number of carbonyl (C=O) groups excluding carboxylic acids is 1. The Morgan fingerprint density at radius 1 is 1.53 bits per heavy atom. The van der Waals surface area contributed by atoms with Crippen LogP contribution in [0, 0.1) is 16.7 Å². The summed E-state index contributed by atoms with van der Waals surface area (Å²) in [6, 6.07) is 1.80. The van der Waals surface area contributed by atoms with E-state index in [-0.39, 0.29) is 22.8 Å². The molecule has 0 saturated heterocycles. The lowest BCUT2D eigenvalue weighted by Gasteiger charge is -2.43. The van der Waals surface area contributed by atoms with Gasteiger partial charge in [0.1, 0.15) is 11.5 Å². The average molecular weight is 262 g/mol. The standard InChI is InChI=1S/C14H22N4O/c1-13(2)8-4-5-14(3,7-8)12(13)16-11(19)9-6-10(15)18-17-9/h6,8,12H,4-5,7H2,1-3H3,(H,16,19)(H3,15,17,18). The number of nitrogens with one attached hydrogen (secondary N) is 2. The summed E-state index contributed by atoms with van der Waals surface area (Å²) in [4.78, 5) is 12.3. The van der Waals surface area contributed by atoms with Crippen LogP contribution in [0.5, 0.6) is 0 Å². The van der Waals surface area contributed by atoms with Gasteiger partial charge in [-0.05, 0) is 36.0 Å². The lowest BCUT2D eigenvalue weighted by atomic mass is 9.68. The van der Waals surface area contributed by atoms with Crippen LogP contribution in [0.25, 0.3) is 0 Å². The van der Waals surface area contributed by atoms with Crippen LogP contribution >= 0.6 is 0 Å². The van der Waals surface area contributed by atoms with E-state index in [1.54, 1.807) is 6.07 Å². The molecule has 3 rings (SSSR count). The van der Waals surface area contributed by atoms with Crippen LogP contribution in [-0.2, 0) is 0 Å². The number of nitrogen functional groups attached to an aromatic ring is 1. The van der Waals surface area contributed by atoms with Gasteiger partial charge in [0, 0.05) is 12.1 Å². The molecule has 19 heavy (non-hydrogen) atoms. The van der Waals surface area contributed by atoms with E-state index in [0.29, 0.717) is 11.5 Å². The van der Waals surface area contributed by atoms with Gasteiger partial charge in [-0.3, -0.25) is 9.89 Å². The molecule has 104 valence electrons. The van der Waals surface area contributed by atoms with Crippen LogP contribution in [0.4, 0.5) is 5.82 Å². The molecule has 2 saturated carbocycles. The molecule has 2 aliphatic carbocycles. The minimum absolute atomic E-state index is 0.101. The van der Waals surface area contributed by atoms with Crippen LogP contribution in [0.1, 0.15) is 50.5 Å².